The van der Waals surface area contributed by atoms with Crippen LogP contribution in [0.5, 0.6) is 0 Å². The van der Waals surface area contributed by atoms with E-state index in [1.54, 1.807) is 24.3 Å². The Hall–Kier alpha value is -2.34. The van der Waals surface area contributed by atoms with Crippen molar-refractivity contribution in [3.05, 3.63) is 52.4 Å². The maximum Gasteiger partial charge on any atom is 0.255 e. The van der Waals surface area contributed by atoms with Crippen molar-refractivity contribution in [1.29, 1.82) is 0 Å². The van der Waals surface area contributed by atoms with Crippen LogP contribution in [-0.2, 0) is 13.6 Å². The molecule has 6 heteroatoms. The Labute approximate surface area is 132 Å². The third kappa shape index (κ3) is 2.82. The lowest BCUT2D eigenvalue weighted by Crippen LogP contribution is -2.23. The minimum atomic E-state index is -0.141. The Morgan fingerprint density at radius 2 is 2.23 bits per heavy atom. The van der Waals surface area contributed by atoms with Gasteiger partial charge in [0.15, 0.2) is 0 Å². The Bertz CT molecular complexity index is 800. The van der Waals surface area contributed by atoms with Crippen molar-refractivity contribution in [1.82, 2.24) is 15.1 Å². The normalized spacial score (nSPS) is 10.9. The average molecular weight is 315 g/mol. The summed E-state index contributed by atoms with van der Waals surface area (Å²) in [5.41, 5.74) is 2.46. The molecular weight excluding hydrogens is 298 g/mol. The summed E-state index contributed by atoms with van der Waals surface area (Å²) in [4.78, 5) is 13.3. The van der Waals surface area contributed by atoms with Crippen molar-refractivity contribution in [2.24, 2.45) is 7.05 Å². The highest BCUT2D eigenvalue weighted by Crippen LogP contribution is 2.24. The summed E-state index contributed by atoms with van der Waals surface area (Å²) in [6, 6.07) is 7.82. The molecule has 0 aliphatic carbocycles. The zero-order valence-electron chi connectivity index (χ0n) is 12.7. The van der Waals surface area contributed by atoms with Gasteiger partial charge in [-0.3, -0.25) is 9.48 Å². The van der Waals surface area contributed by atoms with Gasteiger partial charge in [0.1, 0.15) is 11.5 Å². The minimum absolute atomic E-state index is 0.141. The fourth-order valence-electron chi connectivity index (χ4n) is 2.39. The smallest absolute Gasteiger partial charge is 0.255 e. The number of amides is 1. The molecule has 0 fully saturated rings. The van der Waals surface area contributed by atoms with E-state index in [4.69, 9.17) is 4.42 Å². The fraction of sp³-hybridized carbons (Fsp3) is 0.250. The fourth-order valence-corrected chi connectivity index (χ4v) is 3.16. The Kier molecular flexibility index (Phi) is 3.85. The molecule has 0 spiro atoms. The molecule has 0 saturated heterocycles. The van der Waals surface area contributed by atoms with Crippen molar-refractivity contribution in [2.75, 3.05) is 0 Å². The second kappa shape index (κ2) is 5.81. The highest BCUT2D eigenvalue weighted by atomic mass is 32.1. The first kappa shape index (κ1) is 14.6. The molecule has 0 bridgehead atoms. The topological polar surface area (TPSA) is 60.1 Å². The first-order valence-electron chi connectivity index (χ1n) is 6.96. The summed E-state index contributed by atoms with van der Waals surface area (Å²) in [7, 11) is 1.91. The predicted molar refractivity (Wildman–Crippen MR) is 85.9 cm³/mol. The van der Waals surface area contributed by atoms with Crippen LogP contribution in [-0.4, -0.2) is 15.7 Å². The van der Waals surface area contributed by atoms with Gasteiger partial charge in [-0.05, 0) is 37.4 Å². The molecule has 22 heavy (non-hydrogen) atoms. The second-order valence-corrected chi connectivity index (χ2v) is 6.08. The molecule has 3 heterocycles. The molecule has 0 saturated carbocycles. The number of nitrogens with zero attached hydrogens (tertiary/aromatic N) is 2. The Morgan fingerprint density at radius 3 is 2.86 bits per heavy atom. The van der Waals surface area contributed by atoms with E-state index in [-0.39, 0.29) is 5.91 Å². The zero-order chi connectivity index (χ0) is 15.7. The van der Waals surface area contributed by atoms with Gasteiger partial charge in [-0.25, -0.2) is 0 Å². The van der Waals surface area contributed by atoms with Crippen molar-refractivity contribution >= 4 is 17.2 Å². The maximum absolute atomic E-state index is 12.2. The van der Waals surface area contributed by atoms with Gasteiger partial charge >= 0.3 is 0 Å². The molecule has 1 amide bonds. The summed E-state index contributed by atoms with van der Waals surface area (Å²) in [6.45, 7) is 4.01. The monoisotopic (exact) mass is 315 g/mol. The minimum Gasteiger partial charge on any atom is -0.466 e. The van der Waals surface area contributed by atoms with Crippen LogP contribution in [0.15, 0.2) is 34.1 Å². The number of hydrogen-bond donors (Lipinski definition) is 1. The van der Waals surface area contributed by atoms with Gasteiger partial charge in [0, 0.05) is 7.05 Å². The molecule has 3 aromatic heterocycles. The number of aromatic nitrogens is 2. The molecule has 0 radical (unpaired) electrons. The van der Waals surface area contributed by atoms with Crippen LogP contribution in [0.25, 0.3) is 10.6 Å². The van der Waals surface area contributed by atoms with E-state index in [0.29, 0.717) is 17.9 Å². The lowest BCUT2D eigenvalue weighted by molar-refractivity contribution is 0.0949. The van der Waals surface area contributed by atoms with Gasteiger partial charge in [0.05, 0.1) is 28.4 Å². The molecule has 5 nitrogen and oxygen atoms in total. The molecule has 3 rings (SSSR count). The molecule has 0 unspecified atom stereocenters. The van der Waals surface area contributed by atoms with Crippen molar-refractivity contribution in [3.8, 4) is 10.6 Å². The lowest BCUT2D eigenvalue weighted by Gasteiger charge is -2.01. The number of thiophene rings is 1. The average Bonchev–Trinajstić information content (AvgIpc) is 3.16. The molecule has 0 aromatic carbocycles. The molecule has 0 aliphatic heterocycles. The highest BCUT2D eigenvalue weighted by molar-refractivity contribution is 7.13. The van der Waals surface area contributed by atoms with E-state index in [2.05, 4.69) is 16.5 Å². The third-order valence-corrected chi connectivity index (χ3v) is 4.31. The van der Waals surface area contributed by atoms with E-state index < -0.39 is 0 Å². The van der Waals surface area contributed by atoms with E-state index in [1.807, 2.05) is 36.2 Å². The summed E-state index contributed by atoms with van der Waals surface area (Å²) in [5.74, 6) is 1.23. The summed E-state index contributed by atoms with van der Waals surface area (Å²) in [5, 5.41) is 9.36. The maximum atomic E-state index is 12.2. The third-order valence-electron chi connectivity index (χ3n) is 3.42. The molecule has 3 aromatic rings. The summed E-state index contributed by atoms with van der Waals surface area (Å²) < 4.78 is 7.21. The van der Waals surface area contributed by atoms with Crippen molar-refractivity contribution in [3.63, 3.8) is 0 Å². The second-order valence-electron chi connectivity index (χ2n) is 5.13. The number of carbonyl (C=O) groups excluding carboxylic acids is 1. The van der Waals surface area contributed by atoms with Gasteiger partial charge < -0.3 is 9.73 Å². The Morgan fingerprint density at radius 1 is 1.41 bits per heavy atom. The van der Waals surface area contributed by atoms with Crippen LogP contribution in [0.2, 0.25) is 0 Å². The van der Waals surface area contributed by atoms with Crippen molar-refractivity contribution in [2.45, 2.75) is 20.4 Å². The van der Waals surface area contributed by atoms with Crippen LogP contribution >= 0.6 is 11.3 Å². The van der Waals surface area contributed by atoms with Gasteiger partial charge in [-0.15, -0.1) is 11.3 Å². The molecule has 1 N–H and O–H groups in total. The standard InChI is InChI=1S/C16H17N3O2S/c1-10-7-13(11(2)21-10)16(20)17-9-12-8-14(19(3)18-12)15-5-4-6-22-15/h4-8H,9H2,1-3H3,(H,17,20). The van der Waals surface area contributed by atoms with E-state index in [0.717, 1.165) is 22.0 Å². The molecule has 0 aliphatic rings. The van der Waals surface area contributed by atoms with Crippen LogP contribution in [0, 0.1) is 13.8 Å². The summed E-state index contributed by atoms with van der Waals surface area (Å²) >= 11 is 1.67. The number of aryl methyl sites for hydroxylation is 3. The van der Waals surface area contributed by atoms with Gasteiger partial charge in [0.25, 0.3) is 5.91 Å². The molecule has 114 valence electrons. The zero-order valence-corrected chi connectivity index (χ0v) is 13.5. The number of furan rings is 1. The van der Waals surface area contributed by atoms with Gasteiger partial charge in [-0.2, -0.15) is 5.10 Å². The summed E-state index contributed by atoms with van der Waals surface area (Å²) in [6.07, 6.45) is 0. The lowest BCUT2D eigenvalue weighted by atomic mass is 10.2. The number of carbonyl (C=O) groups is 1. The van der Waals surface area contributed by atoms with Crippen molar-refractivity contribution < 1.29 is 9.21 Å². The number of hydrogen-bond acceptors (Lipinski definition) is 4. The number of rotatable bonds is 4. The SMILES string of the molecule is Cc1cc(C(=O)NCc2cc(-c3cccs3)n(C)n2)c(C)o1. The van der Waals surface area contributed by atoms with Crippen LogP contribution in [0.3, 0.4) is 0 Å². The van der Waals surface area contributed by atoms with Crippen LogP contribution in [0.1, 0.15) is 27.6 Å². The van der Waals surface area contributed by atoms with Gasteiger partial charge in [0.2, 0.25) is 0 Å². The largest absolute Gasteiger partial charge is 0.466 e. The molecular formula is C16H17N3O2S. The van der Waals surface area contributed by atoms with Crippen LogP contribution < -0.4 is 5.32 Å². The highest BCUT2D eigenvalue weighted by Gasteiger charge is 2.14. The van der Waals surface area contributed by atoms with Gasteiger partial charge in [-0.1, -0.05) is 6.07 Å². The van der Waals surface area contributed by atoms with Crippen LogP contribution in [0.4, 0.5) is 0 Å². The van der Waals surface area contributed by atoms with E-state index in [1.165, 1.54) is 0 Å². The van der Waals surface area contributed by atoms with E-state index in [9.17, 15) is 4.79 Å². The molecule has 0 atom stereocenters. The first-order chi connectivity index (χ1) is 10.5. The number of nitrogens with one attached hydrogen (secondary N) is 1. The van der Waals surface area contributed by atoms with E-state index >= 15 is 0 Å². The quantitative estimate of drug-likeness (QED) is 0.803. The Balaban J connectivity index is 1.71. The predicted octanol–water partition coefficient (Wildman–Crippen LogP) is 3.29. The first-order valence-corrected chi connectivity index (χ1v) is 7.84.